The predicted octanol–water partition coefficient (Wildman–Crippen LogP) is 3.25. The first kappa shape index (κ1) is 8.54. The number of aromatic nitrogens is 1. The van der Waals surface area contributed by atoms with Gasteiger partial charge in [0.2, 0.25) is 0 Å². The Morgan fingerprint density at radius 1 is 1.64 bits per heavy atom. The largest absolute Gasteiger partial charge is 0.244 e. The molecule has 0 N–H and O–H groups in total. The number of halogens is 1. The predicted molar refractivity (Wildman–Crippen MR) is 48.0 cm³/mol. The van der Waals surface area contributed by atoms with Crippen molar-refractivity contribution in [2.24, 2.45) is 0 Å². The minimum Gasteiger partial charge on any atom is -0.244 e. The van der Waals surface area contributed by atoms with E-state index in [2.05, 4.69) is 18.8 Å². The Morgan fingerprint density at radius 3 is 2.91 bits per heavy atom. The highest BCUT2D eigenvalue weighted by molar-refractivity contribution is 6.30. The summed E-state index contributed by atoms with van der Waals surface area (Å²) in [6.07, 6.45) is 2.82. The van der Waals surface area contributed by atoms with E-state index in [1.807, 2.05) is 12.1 Å². The van der Waals surface area contributed by atoms with E-state index in [0.717, 1.165) is 12.0 Å². The zero-order chi connectivity index (χ0) is 8.27. The molecule has 0 amide bonds. The van der Waals surface area contributed by atoms with Gasteiger partial charge in [-0.05, 0) is 24.0 Å². The second-order valence-corrected chi connectivity index (χ2v) is 3.05. The van der Waals surface area contributed by atoms with Crippen molar-refractivity contribution in [1.82, 2.24) is 4.98 Å². The minimum absolute atomic E-state index is 0.510. The maximum absolute atomic E-state index is 5.89. The molecule has 0 aromatic carbocycles. The van der Waals surface area contributed by atoms with E-state index in [4.69, 9.17) is 11.6 Å². The van der Waals surface area contributed by atoms with Crippen LogP contribution in [0.3, 0.4) is 0 Å². The molecule has 2 heteroatoms. The number of nitrogens with zero attached hydrogens (tertiary/aromatic N) is 1. The Balaban J connectivity index is 2.93. The van der Waals surface area contributed by atoms with Crippen molar-refractivity contribution in [3.8, 4) is 0 Å². The molecule has 0 fully saturated rings. The fraction of sp³-hybridized carbons (Fsp3) is 0.444. The molecule has 1 unspecified atom stereocenters. The highest BCUT2D eigenvalue weighted by Gasteiger charge is 2.06. The fourth-order valence-electron chi connectivity index (χ4n) is 0.986. The van der Waals surface area contributed by atoms with Crippen LogP contribution in [0.4, 0.5) is 0 Å². The molecule has 0 saturated heterocycles. The van der Waals surface area contributed by atoms with Crippen molar-refractivity contribution < 1.29 is 0 Å². The van der Waals surface area contributed by atoms with Crippen LogP contribution in [0.2, 0.25) is 5.15 Å². The second-order valence-electron chi connectivity index (χ2n) is 2.69. The van der Waals surface area contributed by atoms with Crippen LogP contribution in [0.5, 0.6) is 0 Å². The van der Waals surface area contributed by atoms with Gasteiger partial charge in [-0.1, -0.05) is 31.5 Å². The van der Waals surface area contributed by atoms with Crippen LogP contribution in [0.25, 0.3) is 0 Å². The van der Waals surface area contributed by atoms with Gasteiger partial charge in [0.25, 0.3) is 0 Å². The van der Waals surface area contributed by atoms with Crippen molar-refractivity contribution >= 4 is 11.6 Å². The molecule has 1 heterocycles. The summed E-state index contributed by atoms with van der Waals surface area (Å²) >= 11 is 5.89. The SMILES string of the molecule is CCC(C)c1cccnc1Cl. The van der Waals surface area contributed by atoms with Gasteiger partial charge in [0.15, 0.2) is 0 Å². The van der Waals surface area contributed by atoms with Crippen molar-refractivity contribution in [2.45, 2.75) is 26.2 Å². The molecule has 1 aromatic heterocycles. The summed E-state index contributed by atoms with van der Waals surface area (Å²) in [6, 6.07) is 3.96. The van der Waals surface area contributed by atoms with E-state index < -0.39 is 0 Å². The molecule has 0 aliphatic heterocycles. The number of pyridine rings is 1. The van der Waals surface area contributed by atoms with Gasteiger partial charge in [-0.3, -0.25) is 0 Å². The molecule has 0 saturated carbocycles. The lowest BCUT2D eigenvalue weighted by Gasteiger charge is -2.08. The van der Waals surface area contributed by atoms with Gasteiger partial charge in [0.05, 0.1) is 0 Å². The van der Waals surface area contributed by atoms with Crippen LogP contribution in [0.1, 0.15) is 31.7 Å². The van der Waals surface area contributed by atoms with Crippen LogP contribution in [0.15, 0.2) is 18.3 Å². The monoisotopic (exact) mass is 169 g/mol. The molecule has 11 heavy (non-hydrogen) atoms. The standard InChI is InChI=1S/C9H12ClN/c1-3-7(2)8-5-4-6-11-9(8)10/h4-7H,3H2,1-2H3. The van der Waals surface area contributed by atoms with E-state index in [9.17, 15) is 0 Å². The van der Waals surface area contributed by atoms with Gasteiger partial charge in [-0.25, -0.2) is 4.98 Å². The van der Waals surface area contributed by atoms with E-state index in [1.165, 1.54) is 0 Å². The molecule has 0 bridgehead atoms. The Hall–Kier alpha value is -0.560. The van der Waals surface area contributed by atoms with Crippen LogP contribution >= 0.6 is 11.6 Å². The van der Waals surface area contributed by atoms with Crippen molar-refractivity contribution in [3.63, 3.8) is 0 Å². The average molecular weight is 170 g/mol. The van der Waals surface area contributed by atoms with Gasteiger partial charge in [0.1, 0.15) is 5.15 Å². The highest BCUT2D eigenvalue weighted by Crippen LogP contribution is 2.23. The van der Waals surface area contributed by atoms with Crippen LogP contribution in [-0.2, 0) is 0 Å². The molecule has 1 rings (SSSR count). The molecule has 60 valence electrons. The molecule has 1 aromatic rings. The zero-order valence-corrected chi connectivity index (χ0v) is 7.60. The Labute approximate surface area is 72.4 Å². The summed E-state index contributed by atoms with van der Waals surface area (Å²) in [4.78, 5) is 4.01. The third-order valence-electron chi connectivity index (χ3n) is 1.93. The van der Waals surface area contributed by atoms with Crippen LogP contribution in [0, 0.1) is 0 Å². The summed E-state index contributed by atoms with van der Waals surface area (Å²) in [6.45, 7) is 4.30. The topological polar surface area (TPSA) is 12.9 Å². The molecule has 1 atom stereocenters. The Kier molecular flexibility index (Phi) is 2.89. The van der Waals surface area contributed by atoms with Gasteiger partial charge in [-0.2, -0.15) is 0 Å². The lowest BCUT2D eigenvalue weighted by molar-refractivity contribution is 0.730. The lowest BCUT2D eigenvalue weighted by atomic mass is 10.0. The molecular weight excluding hydrogens is 158 g/mol. The average Bonchev–Trinajstić information content (AvgIpc) is 2.04. The normalized spacial score (nSPS) is 13.0. The van der Waals surface area contributed by atoms with Gasteiger partial charge in [0, 0.05) is 6.20 Å². The fourth-order valence-corrected chi connectivity index (χ4v) is 1.29. The highest BCUT2D eigenvalue weighted by atomic mass is 35.5. The molecule has 0 spiro atoms. The van der Waals surface area contributed by atoms with Gasteiger partial charge in [-0.15, -0.1) is 0 Å². The van der Waals surface area contributed by atoms with E-state index in [-0.39, 0.29) is 0 Å². The van der Waals surface area contributed by atoms with Gasteiger partial charge < -0.3 is 0 Å². The second kappa shape index (κ2) is 3.72. The van der Waals surface area contributed by atoms with E-state index in [1.54, 1.807) is 6.20 Å². The molecule has 0 aliphatic rings. The lowest BCUT2D eigenvalue weighted by Crippen LogP contribution is -1.93. The van der Waals surface area contributed by atoms with Gasteiger partial charge >= 0.3 is 0 Å². The first-order valence-corrected chi connectivity index (χ1v) is 4.24. The minimum atomic E-state index is 0.510. The molecular formula is C9H12ClN. The Bertz CT molecular complexity index is 235. The van der Waals surface area contributed by atoms with Crippen molar-refractivity contribution in [2.75, 3.05) is 0 Å². The summed E-state index contributed by atoms with van der Waals surface area (Å²) in [5.74, 6) is 0.510. The first-order valence-electron chi connectivity index (χ1n) is 3.86. The van der Waals surface area contributed by atoms with E-state index in [0.29, 0.717) is 11.1 Å². The number of hydrogen-bond donors (Lipinski definition) is 0. The quantitative estimate of drug-likeness (QED) is 0.620. The molecule has 1 nitrogen and oxygen atoms in total. The van der Waals surface area contributed by atoms with Crippen molar-refractivity contribution in [3.05, 3.63) is 29.0 Å². The number of rotatable bonds is 2. The van der Waals surface area contributed by atoms with Crippen molar-refractivity contribution in [1.29, 1.82) is 0 Å². The maximum Gasteiger partial charge on any atom is 0.132 e. The third-order valence-corrected chi connectivity index (χ3v) is 2.25. The molecule has 0 radical (unpaired) electrons. The third kappa shape index (κ3) is 1.93. The summed E-state index contributed by atoms with van der Waals surface area (Å²) < 4.78 is 0. The first-order chi connectivity index (χ1) is 5.25. The smallest absolute Gasteiger partial charge is 0.132 e. The molecule has 0 aliphatic carbocycles. The van der Waals surface area contributed by atoms with Crippen LogP contribution < -0.4 is 0 Å². The van der Waals surface area contributed by atoms with E-state index >= 15 is 0 Å². The number of hydrogen-bond acceptors (Lipinski definition) is 1. The summed E-state index contributed by atoms with van der Waals surface area (Å²) in [7, 11) is 0. The zero-order valence-electron chi connectivity index (χ0n) is 6.84. The Morgan fingerprint density at radius 2 is 2.36 bits per heavy atom. The van der Waals surface area contributed by atoms with Crippen LogP contribution in [-0.4, -0.2) is 4.98 Å². The maximum atomic E-state index is 5.89. The summed E-state index contributed by atoms with van der Waals surface area (Å²) in [5, 5.41) is 0.641. The summed E-state index contributed by atoms with van der Waals surface area (Å²) in [5.41, 5.74) is 1.15.